The van der Waals surface area contributed by atoms with Crippen molar-refractivity contribution in [3.8, 4) is 5.69 Å². The lowest BCUT2D eigenvalue weighted by Crippen LogP contribution is -2.00. The van der Waals surface area contributed by atoms with Crippen LogP contribution in [-0.4, -0.2) is 19.7 Å². The number of rotatable bonds is 2. The molecule has 0 aliphatic heterocycles. The lowest BCUT2D eigenvalue weighted by molar-refractivity contribution is -0.385. The van der Waals surface area contributed by atoms with Crippen LogP contribution in [0.3, 0.4) is 0 Å². The molecule has 2 aromatic rings. The van der Waals surface area contributed by atoms with Gasteiger partial charge in [-0.1, -0.05) is 0 Å². The Bertz CT molecular complexity index is 452. The highest BCUT2D eigenvalue weighted by Crippen LogP contribution is 2.19. The quantitative estimate of drug-likeness (QED) is 0.526. The van der Waals surface area contributed by atoms with Crippen molar-refractivity contribution in [3.63, 3.8) is 0 Å². The highest BCUT2D eigenvalue weighted by Gasteiger charge is 2.14. The van der Waals surface area contributed by atoms with E-state index in [0.29, 0.717) is 5.69 Å². The van der Waals surface area contributed by atoms with Gasteiger partial charge < -0.3 is 0 Å². The Morgan fingerprint density at radius 3 is 2.93 bits per heavy atom. The molecule has 70 valence electrons. The van der Waals surface area contributed by atoms with E-state index in [0.717, 1.165) is 0 Å². The first kappa shape index (κ1) is 8.36. The van der Waals surface area contributed by atoms with Crippen molar-refractivity contribution in [1.29, 1.82) is 0 Å². The molecule has 0 bridgehead atoms. The summed E-state index contributed by atoms with van der Waals surface area (Å²) in [6.45, 7) is 0. The van der Waals surface area contributed by atoms with E-state index in [2.05, 4.69) is 10.1 Å². The van der Waals surface area contributed by atoms with E-state index < -0.39 is 4.92 Å². The van der Waals surface area contributed by atoms with E-state index >= 15 is 0 Å². The van der Waals surface area contributed by atoms with Crippen molar-refractivity contribution in [2.45, 2.75) is 0 Å². The second-order valence-electron chi connectivity index (χ2n) is 2.57. The van der Waals surface area contributed by atoms with Gasteiger partial charge in [0.15, 0.2) is 0 Å². The topological polar surface area (TPSA) is 73.8 Å². The van der Waals surface area contributed by atoms with Gasteiger partial charge in [0.2, 0.25) is 0 Å². The average Bonchev–Trinajstić information content (AvgIpc) is 2.70. The van der Waals surface area contributed by atoms with Crippen molar-refractivity contribution in [3.05, 3.63) is 47.0 Å². The molecule has 6 heteroatoms. The molecule has 0 aliphatic carbocycles. The first-order chi connectivity index (χ1) is 6.79. The Morgan fingerprint density at radius 2 is 2.29 bits per heavy atom. The number of aromatic nitrogens is 3. The maximum absolute atomic E-state index is 10.6. The zero-order valence-electron chi connectivity index (χ0n) is 7.07. The Morgan fingerprint density at radius 1 is 1.43 bits per heavy atom. The van der Waals surface area contributed by atoms with E-state index in [1.807, 2.05) is 0 Å². The summed E-state index contributed by atoms with van der Waals surface area (Å²) in [6, 6.07) is 3.25. The largest absolute Gasteiger partial charge is 0.312 e. The number of pyridine rings is 1. The second-order valence-corrected chi connectivity index (χ2v) is 2.57. The zero-order valence-corrected chi connectivity index (χ0v) is 7.07. The first-order valence-corrected chi connectivity index (χ1v) is 3.87. The van der Waals surface area contributed by atoms with Gasteiger partial charge >= 0.3 is 5.69 Å². The summed E-state index contributed by atoms with van der Waals surface area (Å²) in [7, 11) is 0. The average molecular weight is 190 g/mol. The van der Waals surface area contributed by atoms with Gasteiger partial charge in [-0.25, -0.2) is 4.68 Å². The maximum atomic E-state index is 10.6. The molecule has 0 aliphatic rings. The first-order valence-electron chi connectivity index (χ1n) is 3.87. The van der Waals surface area contributed by atoms with Crippen molar-refractivity contribution in [2.75, 3.05) is 0 Å². The van der Waals surface area contributed by atoms with Gasteiger partial charge in [0, 0.05) is 18.6 Å². The van der Waals surface area contributed by atoms with Crippen LogP contribution in [0, 0.1) is 10.1 Å². The second kappa shape index (κ2) is 3.25. The third kappa shape index (κ3) is 1.33. The highest BCUT2D eigenvalue weighted by molar-refractivity contribution is 5.49. The van der Waals surface area contributed by atoms with Crippen LogP contribution in [0.4, 0.5) is 5.69 Å². The molecule has 0 fully saturated rings. The van der Waals surface area contributed by atoms with Crippen LogP contribution < -0.4 is 0 Å². The summed E-state index contributed by atoms with van der Waals surface area (Å²) >= 11 is 0. The molecule has 0 amide bonds. The molecule has 0 saturated carbocycles. The smallest absolute Gasteiger partial charge is 0.258 e. The van der Waals surface area contributed by atoms with Gasteiger partial charge in [0.05, 0.1) is 4.92 Å². The van der Waals surface area contributed by atoms with Gasteiger partial charge in [-0.15, -0.1) is 0 Å². The Kier molecular flexibility index (Phi) is 1.94. The molecule has 2 aromatic heterocycles. The highest BCUT2D eigenvalue weighted by atomic mass is 16.6. The molecule has 0 aromatic carbocycles. The van der Waals surface area contributed by atoms with E-state index in [1.54, 1.807) is 24.5 Å². The SMILES string of the molecule is O=[N+]([O-])c1cnccc1-n1cccn1. The Balaban J connectivity index is 2.58. The molecule has 0 unspecified atom stereocenters. The van der Waals surface area contributed by atoms with Crippen molar-refractivity contribution in [2.24, 2.45) is 0 Å². The van der Waals surface area contributed by atoms with Crippen LogP contribution in [-0.2, 0) is 0 Å². The number of hydrogen-bond acceptors (Lipinski definition) is 4. The fourth-order valence-corrected chi connectivity index (χ4v) is 1.12. The summed E-state index contributed by atoms with van der Waals surface area (Å²) in [5.74, 6) is 0. The van der Waals surface area contributed by atoms with E-state index in [9.17, 15) is 10.1 Å². The fraction of sp³-hybridized carbons (Fsp3) is 0. The molecule has 0 atom stereocenters. The third-order valence-electron chi connectivity index (χ3n) is 1.73. The molecule has 14 heavy (non-hydrogen) atoms. The van der Waals surface area contributed by atoms with Gasteiger partial charge in [-0.05, 0) is 12.1 Å². The van der Waals surface area contributed by atoms with Crippen LogP contribution in [0.15, 0.2) is 36.9 Å². The molecule has 6 nitrogen and oxygen atoms in total. The van der Waals surface area contributed by atoms with Gasteiger partial charge in [0.1, 0.15) is 11.9 Å². The summed E-state index contributed by atoms with van der Waals surface area (Å²) in [6.07, 6.45) is 5.90. The molecule has 2 rings (SSSR count). The molecule has 0 radical (unpaired) electrons. The monoisotopic (exact) mass is 190 g/mol. The van der Waals surface area contributed by atoms with Gasteiger partial charge in [-0.2, -0.15) is 5.10 Å². The maximum Gasteiger partial charge on any atom is 0.312 e. The zero-order chi connectivity index (χ0) is 9.97. The minimum atomic E-state index is -0.482. The number of hydrogen-bond donors (Lipinski definition) is 0. The van der Waals surface area contributed by atoms with Gasteiger partial charge in [0.25, 0.3) is 0 Å². The predicted octanol–water partition coefficient (Wildman–Crippen LogP) is 1.18. The normalized spacial score (nSPS) is 10.0. The lowest BCUT2D eigenvalue weighted by Gasteiger charge is -2.00. The summed E-state index contributed by atoms with van der Waals surface area (Å²) in [4.78, 5) is 13.9. The van der Waals surface area contributed by atoms with Crippen molar-refractivity contribution in [1.82, 2.24) is 14.8 Å². The number of nitrogens with zero attached hydrogens (tertiary/aromatic N) is 4. The summed E-state index contributed by atoms with van der Waals surface area (Å²) < 4.78 is 1.43. The van der Waals surface area contributed by atoms with Crippen LogP contribution >= 0.6 is 0 Å². The molecular weight excluding hydrogens is 184 g/mol. The minimum absolute atomic E-state index is 0.0591. The molecule has 0 spiro atoms. The van der Waals surface area contributed by atoms with E-state index in [4.69, 9.17) is 0 Å². The summed E-state index contributed by atoms with van der Waals surface area (Å²) in [5.41, 5.74) is 0.353. The van der Waals surface area contributed by atoms with Crippen molar-refractivity contribution >= 4 is 5.69 Å². The Hall–Kier alpha value is -2.24. The van der Waals surface area contributed by atoms with Crippen LogP contribution in [0.1, 0.15) is 0 Å². The third-order valence-corrected chi connectivity index (χ3v) is 1.73. The molecule has 0 saturated heterocycles. The predicted molar refractivity (Wildman–Crippen MR) is 48.0 cm³/mol. The fourth-order valence-electron chi connectivity index (χ4n) is 1.12. The lowest BCUT2D eigenvalue weighted by atomic mass is 10.3. The number of nitro groups is 1. The van der Waals surface area contributed by atoms with Gasteiger partial charge in [-0.3, -0.25) is 15.1 Å². The van der Waals surface area contributed by atoms with Crippen molar-refractivity contribution < 1.29 is 4.92 Å². The van der Waals surface area contributed by atoms with Crippen LogP contribution in [0.5, 0.6) is 0 Å². The Labute approximate surface area is 79.0 Å². The van der Waals surface area contributed by atoms with E-state index in [1.165, 1.54) is 17.1 Å². The standard InChI is InChI=1S/C8H6N4O2/c13-12(14)8-6-9-4-2-7(8)11-5-1-3-10-11/h1-6H. The molecular formula is C8H6N4O2. The minimum Gasteiger partial charge on any atom is -0.258 e. The molecule has 2 heterocycles. The van der Waals surface area contributed by atoms with Crippen LogP contribution in [0.2, 0.25) is 0 Å². The molecule has 0 N–H and O–H groups in total. The van der Waals surface area contributed by atoms with E-state index in [-0.39, 0.29) is 5.69 Å². The van der Waals surface area contributed by atoms with Crippen LogP contribution in [0.25, 0.3) is 5.69 Å². The summed E-state index contributed by atoms with van der Waals surface area (Å²) in [5, 5.41) is 14.6.